The van der Waals surface area contributed by atoms with Gasteiger partial charge in [-0.3, -0.25) is 9.59 Å². The quantitative estimate of drug-likeness (QED) is 0.781. The Kier molecular flexibility index (Phi) is 6.86. The lowest BCUT2D eigenvalue weighted by Gasteiger charge is -2.31. The molecule has 23 heavy (non-hydrogen) atoms. The summed E-state index contributed by atoms with van der Waals surface area (Å²) in [5.74, 6) is 0.0456. The summed E-state index contributed by atoms with van der Waals surface area (Å²) in [5, 5.41) is 6.69. The van der Waals surface area contributed by atoms with Crippen LogP contribution in [0.5, 0.6) is 0 Å². The maximum atomic E-state index is 12.1. The van der Waals surface area contributed by atoms with Gasteiger partial charge in [-0.2, -0.15) is 0 Å². The molecule has 1 aromatic rings. The highest BCUT2D eigenvalue weighted by Gasteiger charge is 2.21. The van der Waals surface area contributed by atoms with Crippen LogP contribution >= 0.6 is 11.6 Å². The maximum absolute atomic E-state index is 12.1. The summed E-state index contributed by atoms with van der Waals surface area (Å²) >= 11 is 5.79. The molecule has 0 spiro atoms. The average molecular weight is 338 g/mol. The summed E-state index contributed by atoms with van der Waals surface area (Å²) in [6.45, 7) is 2.14. The van der Waals surface area contributed by atoms with Gasteiger partial charge in [0.25, 0.3) is 5.91 Å². The SMILES string of the molecule is CNC1CCN(C(=O)CCCNC(=O)c2ccc(Cl)cc2)CC1. The Balaban J connectivity index is 1.64. The highest BCUT2D eigenvalue weighted by Crippen LogP contribution is 2.12. The van der Waals surface area contributed by atoms with E-state index in [9.17, 15) is 9.59 Å². The third kappa shape index (κ3) is 5.52. The van der Waals surface area contributed by atoms with Crippen molar-refractivity contribution in [1.82, 2.24) is 15.5 Å². The van der Waals surface area contributed by atoms with Gasteiger partial charge in [0, 0.05) is 42.7 Å². The van der Waals surface area contributed by atoms with E-state index in [4.69, 9.17) is 11.6 Å². The van der Waals surface area contributed by atoms with Gasteiger partial charge in [-0.25, -0.2) is 0 Å². The van der Waals surface area contributed by atoms with Crippen LogP contribution in [0.2, 0.25) is 5.02 Å². The fraction of sp³-hybridized carbons (Fsp3) is 0.529. The first-order valence-corrected chi connectivity index (χ1v) is 8.46. The number of rotatable bonds is 6. The highest BCUT2D eigenvalue weighted by molar-refractivity contribution is 6.30. The van der Waals surface area contributed by atoms with Gasteiger partial charge in [-0.05, 0) is 50.6 Å². The fourth-order valence-electron chi connectivity index (χ4n) is 2.72. The van der Waals surface area contributed by atoms with Gasteiger partial charge in [-0.15, -0.1) is 0 Å². The van der Waals surface area contributed by atoms with Crippen molar-refractivity contribution in [2.24, 2.45) is 0 Å². The maximum Gasteiger partial charge on any atom is 0.251 e. The first-order chi connectivity index (χ1) is 11.1. The average Bonchev–Trinajstić information content (AvgIpc) is 2.59. The third-order valence-electron chi connectivity index (χ3n) is 4.22. The van der Waals surface area contributed by atoms with Crippen LogP contribution in [0.4, 0.5) is 0 Å². The Bertz CT molecular complexity index is 525. The van der Waals surface area contributed by atoms with E-state index in [1.54, 1.807) is 24.3 Å². The van der Waals surface area contributed by atoms with Crippen molar-refractivity contribution < 1.29 is 9.59 Å². The second-order valence-electron chi connectivity index (χ2n) is 5.81. The van der Waals surface area contributed by atoms with Gasteiger partial charge in [0.2, 0.25) is 5.91 Å². The van der Waals surface area contributed by atoms with Crippen LogP contribution in [0, 0.1) is 0 Å². The minimum absolute atomic E-state index is 0.135. The van der Waals surface area contributed by atoms with E-state index in [-0.39, 0.29) is 11.8 Å². The van der Waals surface area contributed by atoms with Crippen molar-refractivity contribution in [2.75, 3.05) is 26.7 Å². The molecule has 1 aromatic carbocycles. The number of amides is 2. The molecular formula is C17H24ClN3O2. The molecule has 0 atom stereocenters. The molecule has 0 aliphatic carbocycles. The predicted molar refractivity (Wildman–Crippen MR) is 91.7 cm³/mol. The van der Waals surface area contributed by atoms with E-state index in [1.807, 2.05) is 11.9 Å². The standard InChI is InChI=1S/C17H24ClN3O2/c1-19-15-8-11-21(12-9-15)16(22)3-2-10-20-17(23)13-4-6-14(18)7-5-13/h4-7,15,19H,2-3,8-12H2,1H3,(H,20,23). The van der Waals surface area contributed by atoms with Crippen LogP contribution in [0.25, 0.3) is 0 Å². The Hall–Kier alpha value is -1.59. The third-order valence-corrected chi connectivity index (χ3v) is 4.47. The zero-order chi connectivity index (χ0) is 16.7. The number of nitrogens with one attached hydrogen (secondary N) is 2. The highest BCUT2D eigenvalue weighted by atomic mass is 35.5. The van der Waals surface area contributed by atoms with Gasteiger partial charge in [0.05, 0.1) is 0 Å². The van der Waals surface area contributed by atoms with Gasteiger partial charge < -0.3 is 15.5 Å². The molecule has 0 aromatic heterocycles. The van der Waals surface area contributed by atoms with Gasteiger partial charge in [0.1, 0.15) is 0 Å². The predicted octanol–water partition coefficient (Wildman–Crippen LogP) is 2.06. The molecule has 1 saturated heterocycles. The van der Waals surface area contributed by atoms with E-state index in [0.717, 1.165) is 25.9 Å². The molecule has 5 nitrogen and oxygen atoms in total. The van der Waals surface area contributed by atoms with Crippen molar-refractivity contribution in [3.05, 3.63) is 34.9 Å². The van der Waals surface area contributed by atoms with Crippen molar-refractivity contribution >= 4 is 23.4 Å². The van der Waals surface area contributed by atoms with E-state index in [1.165, 1.54) is 0 Å². The van der Waals surface area contributed by atoms with Crippen molar-refractivity contribution in [3.63, 3.8) is 0 Å². The molecule has 1 aliphatic heterocycles. The second-order valence-corrected chi connectivity index (χ2v) is 6.25. The Morgan fingerprint density at radius 1 is 1.22 bits per heavy atom. The Labute approximate surface area is 142 Å². The van der Waals surface area contributed by atoms with E-state index < -0.39 is 0 Å². The summed E-state index contributed by atoms with van der Waals surface area (Å²) < 4.78 is 0. The monoisotopic (exact) mass is 337 g/mol. The molecule has 1 heterocycles. The molecule has 0 saturated carbocycles. The number of likely N-dealkylation sites (tertiary alicyclic amines) is 1. The van der Waals surface area contributed by atoms with Crippen LogP contribution in [0.3, 0.4) is 0 Å². The van der Waals surface area contributed by atoms with Crippen molar-refractivity contribution in [2.45, 2.75) is 31.7 Å². The molecule has 6 heteroatoms. The summed E-state index contributed by atoms with van der Waals surface area (Å²) in [4.78, 5) is 26.0. The molecule has 2 amide bonds. The van der Waals surface area contributed by atoms with Gasteiger partial charge in [-0.1, -0.05) is 11.6 Å². The number of hydrogen-bond acceptors (Lipinski definition) is 3. The molecule has 2 rings (SSSR count). The molecule has 0 bridgehead atoms. The molecule has 0 radical (unpaired) electrons. The Morgan fingerprint density at radius 2 is 1.87 bits per heavy atom. The fourth-order valence-corrected chi connectivity index (χ4v) is 2.85. The molecule has 126 valence electrons. The van der Waals surface area contributed by atoms with E-state index in [0.29, 0.717) is 36.0 Å². The minimum atomic E-state index is -0.135. The number of nitrogens with zero attached hydrogens (tertiary/aromatic N) is 1. The van der Waals surface area contributed by atoms with Crippen molar-refractivity contribution in [3.8, 4) is 0 Å². The summed E-state index contributed by atoms with van der Waals surface area (Å²) in [7, 11) is 1.96. The van der Waals surface area contributed by atoms with Crippen LogP contribution in [-0.2, 0) is 4.79 Å². The van der Waals surface area contributed by atoms with Crippen molar-refractivity contribution in [1.29, 1.82) is 0 Å². The molecule has 2 N–H and O–H groups in total. The van der Waals surface area contributed by atoms with Gasteiger partial charge in [0.15, 0.2) is 0 Å². The first-order valence-electron chi connectivity index (χ1n) is 8.09. The molecule has 1 aliphatic rings. The second kappa shape index (κ2) is 8.89. The van der Waals surface area contributed by atoms with Gasteiger partial charge >= 0.3 is 0 Å². The molecular weight excluding hydrogens is 314 g/mol. The number of carbonyl (C=O) groups is 2. The van der Waals surface area contributed by atoms with E-state index in [2.05, 4.69) is 10.6 Å². The van der Waals surface area contributed by atoms with Crippen LogP contribution in [0.15, 0.2) is 24.3 Å². The lowest BCUT2D eigenvalue weighted by molar-refractivity contribution is -0.132. The number of halogens is 1. The zero-order valence-corrected chi connectivity index (χ0v) is 14.2. The summed E-state index contributed by atoms with van der Waals surface area (Å²) in [5.41, 5.74) is 0.579. The number of piperidine rings is 1. The van der Waals surface area contributed by atoms with Crippen LogP contribution in [-0.4, -0.2) is 49.4 Å². The Morgan fingerprint density at radius 3 is 2.48 bits per heavy atom. The lowest BCUT2D eigenvalue weighted by Crippen LogP contribution is -2.44. The number of hydrogen-bond donors (Lipinski definition) is 2. The largest absolute Gasteiger partial charge is 0.352 e. The first kappa shape index (κ1) is 17.8. The summed E-state index contributed by atoms with van der Waals surface area (Å²) in [6, 6.07) is 7.28. The topological polar surface area (TPSA) is 61.4 Å². The normalized spacial score (nSPS) is 15.5. The smallest absolute Gasteiger partial charge is 0.251 e. The van der Waals surface area contributed by atoms with E-state index >= 15 is 0 Å². The molecule has 0 unspecified atom stereocenters. The number of benzene rings is 1. The summed E-state index contributed by atoms with van der Waals surface area (Å²) in [6.07, 6.45) is 3.15. The zero-order valence-electron chi connectivity index (χ0n) is 13.5. The molecule has 1 fully saturated rings. The minimum Gasteiger partial charge on any atom is -0.352 e. The lowest BCUT2D eigenvalue weighted by atomic mass is 10.0. The van der Waals surface area contributed by atoms with Crippen LogP contribution < -0.4 is 10.6 Å². The van der Waals surface area contributed by atoms with Crippen LogP contribution in [0.1, 0.15) is 36.0 Å². The number of carbonyl (C=O) groups excluding carboxylic acids is 2.